The highest BCUT2D eigenvalue weighted by molar-refractivity contribution is 9.10. The van der Waals surface area contributed by atoms with Crippen LogP contribution in [-0.2, 0) is 4.74 Å². The maximum Gasteiger partial charge on any atom is 0.147 e. The molecule has 0 radical (unpaired) electrons. The molecule has 4 nitrogen and oxygen atoms in total. The Morgan fingerprint density at radius 1 is 1.20 bits per heavy atom. The first-order valence-corrected chi connectivity index (χ1v) is 5.97. The molecule has 1 aromatic rings. The van der Waals surface area contributed by atoms with Gasteiger partial charge < -0.3 is 9.64 Å². The van der Waals surface area contributed by atoms with Gasteiger partial charge >= 0.3 is 0 Å². The predicted molar refractivity (Wildman–Crippen MR) is 59.8 cm³/mol. The van der Waals surface area contributed by atoms with Crippen molar-refractivity contribution in [2.24, 2.45) is 0 Å². The molecule has 5 heteroatoms. The van der Waals surface area contributed by atoms with E-state index >= 15 is 0 Å². The zero-order valence-corrected chi connectivity index (χ0v) is 9.85. The minimum atomic E-state index is 0.499. The van der Waals surface area contributed by atoms with Crippen molar-refractivity contribution in [1.82, 2.24) is 9.97 Å². The van der Waals surface area contributed by atoms with Crippen LogP contribution in [0.2, 0.25) is 0 Å². The highest BCUT2D eigenvalue weighted by Gasteiger charge is 2.38. The van der Waals surface area contributed by atoms with Gasteiger partial charge in [-0.15, -0.1) is 0 Å². The van der Waals surface area contributed by atoms with Crippen molar-refractivity contribution >= 4 is 21.7 Å². The number of aromatic nitrogens is 2. The first-order chi connectivity index (χ1) is 7.34. The molecule has 3 heterocycles. The van der Waals surface area contributed by atoms with Gasteiger partial charge in [-0.2, -0.15) is 0 Å². The molecule has 80 valence electrons. The summed E-state index contributed by atoms with van der Waals surface area (Å²) in [5, 5.41) is 0. The molecular weight excluding hydrogens is 258 g/mol. The van der Waals surface area contributed by atoms with Crippen LogP contribution < -0.4 is 4.90 Å². The summed E-state index contributed by atoms with van der Waals surface area (Å²) in [7, 11) is 0. The first-order valence-electron chi connectivity index (χ1n) is 5.18. The van der Waals surface area contributed by atoms with Crippen molar-refractivity contribution in [2.45, 2.75) is 24.9 Å². The smallest absolute Gasteiger partial charge is 0.147 e. The summed E-state index contributed by atoms with van der Waals surface area (Å²) in [6, 6.07) is 0.999. The summed E-state index contributed by atoms with van der Waals surface area (Å²) in [5.41, 5.74) is 0. The molecule has 0 spiro atoms. The molecule has 2 fully saturated rings. The molecule has 2 atom stereocenters. The Morgan fingerprint density at radius 3 is 2.53 bits per heavy atom. The Labute approximate surface area is 96.8 Å². The molecule has 15 heavy (non-hydrogen) atoms. The molecule has 2 unspecified atom stereocenters. The average Bonchev–Trinajstić information content (AvgIpc) is 2.51. The Balaban J connectivity index is 1.90. The normalized spacial score (nSPS) is 29.5. The van der Waals surface area contributed by atoms with Crippen LogP contribution in [0.1, 0.15) is 12.8 Å². The van der Waals surface area contributed by atoms with Crippen molar-refractivity contribution in [1.29, 1.82) is 0 Å². The van der Waals surface area contributed by atoms with Crippen LogP contribution >= 0.6 is 15.9 Å². The van der Waals surface area contributed by atoms with Crippen LogP contribution in [0.25, 0.3) is 0 Å². The van der Waals surface area contributed by atoms with E-state index in [0.29, 0.717) is 12.1 Å². The van der Waals surface area contributed by atoms with Gasteiger partial charge in [0.2, 0.25) is 0 Å². The summed E-state index contributed by atoms with van der Waals surface area (Å²) in [6.07, 6.45) is 6.01. The predicted octanol–water partition coefficient (Wildman–Crippen LogP) is 1.61. The molecule has 0 aromatic carbocycles. The van der Waals surface area contributed by atoms with Gasteiger partial charge in [0.15, 0.2) is 0 Å². The second-order valence-corrected chi connectivity index (χ2v) is 4.84. The first kappa shape index (κ1) is 9.54. The molecule has 0 saturated carbocycles. The van der Waals surface area contributed by atoms with Crippen LogP contribution in [0, 0.1) is 0 Å². The fourth-order valence-corrected chi connectivity index (χ4v) is 2.65. The van der Waals surface area contributed by atoms with Gasteiger partial charge in [0.25, 0.3) is 0 Å². The molecular formula is C10H12BrN3O. The third kappa shape index (κ3) is 1.63. The lowest BCUT2D eigenvalue weighted by atomic mass is 10.2. The lowest BCUT2D eigenvalue weighted by molar-refractivity contribution is 0.0902. The Morgan fingerprint density at radius 2 is 1.93 bits per heavy atom. The fourth-order valence-electron chi connectivity index (χ4n) is 2.44. The van der Waals surface area contributed by atoms with Gasteiger partial charge in [0, 0.05) is 0 Å². The minimum Gasteiger partial charge on any atom is -0.377 e. The van der Waals surface area contributed by atoms with Crippen molar-refractivity contribution in [3.63, 3.8) is 0 Å². The van der Waals surface area contributed by atoms with E-state index in [4.69, 9.17) is 4.74 Å². The molecule has 2 bridgehead atoms. The molecule has 0 N–H and O–H groups in total. The number of halogens is 1. The zero-order valence-electron chi connectivity index (χ0n) is 8.27. The lowest BCUT2D eigenvalue weighted by Crippen LogP contribution is -2.46. The van der Waals surface area contributed by atoms with Crippen LogP contribution in [0.15, 0.2) is 17.0 Å². The van der Waals surface area contributed by atoms with Gasteiger partial charge in [-0.25, -0.2) is 9.97 Å². The van der Waals surface area contributed by atoms with E-state index < -0.39 is 0 Å². The second kappa shape index (κ2) is 3.72. The molecule has 2 aliphatic heterocycles. The van der Waals surface area contributed by atoms with Crippen LogP contribution in [-0.4, -0.2) is 35.3 Å². The van der Waals surface area contributed by atoms with Crippen molar-refractivity contribution in [3.8, 4) is 0 Å². The molecule has 3 rings (SSSR count). The maximum absolute atomic E-state index is 5.53. The summed E-state index contributed by atoms with van der Waals surface area (Å²) >= 11 is 3.30. The number of morpholine rings is 1. The number of hydrogen-bond donors (Lipinski definition) is 0. The lowest BCUT2D eigenvalue weighted by Gasteiger charge is -2.35. The highest BCUT2D eigenvalue weighted by Crippen LogP contribution is 2.32. The second-order valence-electron chi connectivity index (χ2n) is 4.03. The maximum atomic E-state index is 5.53. The van der Waals surface area contributed by atoms with E-state index in [1.54, 1.807) is 6.20 Å². The number of hydrogen-bond acceptors (Lipinski definition) is 4. The van der Waals surface area contributed by atoms with E-state index in [2.05, 4.69) is 30.8 Å². The number of ether oxygens (including phenoxy) is 1. The van der Waals surface area contributed by atoms with Crippen molar-refractivity contribution in [2.75, 3.05) is 18.1 Å². The van der Waals surface area contributed by atoms with Gasteiger partial charge in [-0.3, -0.25) is 0 Å². The monoisotopic (exact) mass is 269 g/mol. The molecule has 0 aliphatic carbocycles. The topological polar surface area (TPSA) is 38.2 Å². The molecule has 1 aromatic heterocycles. The van der Waals surface area contributed by atoms with E-state index in [0.717, 1.165) is 23.6 Å². The van der Waals surface area contributed by atoms with E-state index in [1.165, 1.54) is 12.8 Å². The number of fused-ring (bicyclic) bond motifs is 2. The third-order valence-corrected chi connectivity index (χ3v) is 3.52. The SMILES string of the molecule is Brc1cnc(N2C3CCC2COC3)cn1. The quantitative estimate of drug-likeness (QED) is 0.777. The largest absolute Gasteiger partial charge is 0.377 e. The summed E-state index contributed by atoms with van der Waals surface area (Å²) in [6.45, 7) is 1.66. The number of nitrogens with zero attached hydrogens (tertiary/aromatic N) is 3. The minimum absolute atomic E-state index is 0.499. The molecule has 2 aliphatic rings. The summed E-state index contributed by atoms with van der Waals surface area (Å²) in [5.74, 6) is 0.981. The fraction of sp³-hybridized carbons (Fsp3) is 0.600. The highest BCUT2D eigenvalue weighted by atomic mass is 79.9. The van der Waals surface area contributed by atoms with Crippen molar-refractivity contribution in [3.05, 3.63) is 17.0 Å². The standard InChI is InChI=1S/C10H12BrN3O/c11-9-3-13-10(4-12-9)14-7-1-2-8(14)6-15-5-7/h3-4,7-8H,1-2,5-6H2. The third-order valence-electron chi connectivity index (χ3n) is 3.11. The van der Waals surface area contributed by atoms with E-state index in [9.17, 15) is 0 Å². The summed E-state index contributed by atoms with van der Waals surface area (Å²) in [4.78, 5) is 11.0. The Kier molecular flexibility index (Phi) is 2.36. The number of rotatable bonds is 1. The van der Waals surface area contributed by atoms with E-state index in [1.807, 2.05) is 6.20 Å². The molecule has 0 amide bonds. The van der Waals surface area contributed by atoms with Gasteiger partial charge in [0.05, 0.1) is 37.7 Å². The van der Waals surface area contributed by atoms with Gasteiger partial charge in [-0.1, -0.05) is 0 Å². The average molecular weight is 270 g/mol. The molecule has 2 saturated heterocycles. The number of anilines is 1. The van der Waals surface area contributed by atoms with E-state index in [-0.39, 0.29) is 0 Å². The van der Waals surface area contributed by atoms with Crippen LogP contribution in [0.5, 0.6) is 0 Å². The Bertz CT molecular complexity index is 340. The summed E-state index contributed by atoms with van der Waals surface area (Å²) < 4.78 is 6.32. The van der Waals surface area contributed by atoms with Gasteiger partial charge in [0.1, 0.15) is 10.4 Å². The van der Waals surface area contributed by atoms with Crippen LogP contribution in [0.4, 0.5) is 5.82 Å². The van der Waals surface area contributed by atoms with Gasteiger partial charge in [-0.05, 0) is 28.8 Å². The zero-order chi connectivity index (χ0) is 10.3. The van der Waals surface area contributed by atoms with Crippen molar-refractivity contribution < 1.29 is 4.74 Å². The Hall–Kier alpha value is -0.680. The van der Waals surface area contributed by atoms with Crippen LogP contribution in [0.3, 0.4) is 0 Å².